The first-order chi connectivity index (χ1) is 25.2. The molecule has 1 unspecified atom stereocenters. The topological polar surface area (TPSA) is 17.1 Å². The van der Waals surface area contributed by atoms with Crippen molar-refractivity contribution in [2.24, 2.45) is 0 Å². The van der Waals surface area contributed by atoms with E-state index in [1.807, 2.05) is 36.4 Å². The Balaban J connectivity index is 1.31. The molecule has 1 aliphatic carbocycles. The van der Waals surface area contributed by atoms with E-state index in [2.05, 4.69) is 164 Å². The Hall–Kier alpha value is -6.01. The van der Waals surface area contributed by atoms with Crippen LogP contribution in [0.5, 0.6) is 0 Å². The molecule has 10 rings (SSSR count). The molecule has 1 atom stereocenters. The number of rotatable bonds is 5. The highest BCUT2D eigenvalue weighted by Crippen LogP contribution is 2.60. The summed E-state index contributed by atoms with van der Waals surface area (Å²) in [7, 11) is -3.24. The highest BCUT2D eigenvalue weighted by molar-refractivity contribution is 7.86. The van der Waals surface area contributed by atoms with Crippen molar-refractivity contribution >= 4 is 23.1 Å². The molecule has 51 heavy (non-hydrogen) atoms. The molecule has 2 aliphatic rings. The standard InChI is InChI=1S/C49H33OP/c50-51(40-24-14-5-15-25-40)47-31-37(35-18-8-2-9-19-35)27-29-42(47)44-32-46-43(33-48(44)51)41-28-26-36(34-16-6-1-7-17-34)30-45(41)49(46,38-20-10-3-11-21-38)39-22-12-4-13-23-39/h1-33H. The first kappa shape index (κ1) is 29.9. The van der Waals surface area contributed by atoms with Gasteiger partial charge in [0.15, 0.2) is 7.14 Å². The van der Waals surface area contributed by atoms with Crippen molar-refractivity contribution < 1.29 is 4.57 Å². The molecular formula is C49H33OP. The molecule has 0 spiro atoms. The van der Waals surface area contributed by atoms with Gasteiger partial charge in [-0.1, -0.05) is 176 Å². The van der Waals surface area contributed by atoms with Gasteiger partial charge in [0.1, 0.15) is 0 Å². The van der Waals surface area contributed by atoms with E-state index in [-0.39, 0.29) is 0 Å². The number of hydrogen-bond acceptors (Lipinski definition) is 1. The summed E-state index contributed by atoms with van der Waals surface area (Å²) in [5.41, 5.74) is 13.3. The Morgan fingerprint density at radius 3 is 1.35 bits per heavy atom. The minimum Gasteiger partial charge on any atom is -0.309 e. The molecule has 1 heterocycles. The second kappa shape index (κ2) is 11.5. The summed E-state index contributed by atoms with van der Waals surface area (Å²) in [6.07, 6.45) is 0. The first-order valence-electron chi connectivity index (χ1n) is 17.5. The van der Waals surface area contributed by atoms with Gasteiger partial charge in [0.05, 0.1) is 5.41 Å². The van der Waals surface area contributed by atoms with Crippen molar-refractivity contribution in [2.75, 3.05) is 0 Å². The maximum atomic E-state index is 16.1. The van der Waals surface area contributed by atoms with E-state index < -0.39 is 12.6 Å². The molecule has 0 amide bonds. The Morgan fingerprint density at radius 1 is 0.333 bits per heavy atom. The Kier molecular flexibility index (Phi) is 6.75. The predicted molar refractivity (Wildman–Crippen MR) is 213 cm³/mol. The quantitative estimate of drug-likeness (QED) is 0.167. The second-order valence-electron chi connectivity index (χ2n) is 13.6. The van der Waals surface area contributed by atoms with Gasteiger partial charge in [-0.3, -0.25) is 0 Å². The van der Waals surface area contributed by atoms with Crippen LogP contribution in [-0.2, 0) is 9.98 Å². The molecule has 1 nitrogen and oxygen atoms in total. The lowest BCUT2D eigenvalue weighted by molar-refractivity contribution is 0.593. The van der Waals surface area contributed by atoms with Crippen molar-refractivity contribution in [2.45, 2.75) is 5.41 Å². The van der Waals surface area contributed by atoms with Crippen molar-refractivity contribution in [1.29, 1.82) is 0 Å². The van der Waals surface area contributed by atoms with Crippen LogP contribution in [0.25, 0.3) is 44.5 Å². The molecule has 0 bridgehead atoms. The van der Waals surface area contributed by atoms with Crippen LogP contribution in [0.1, 0.15) is 22.3 Å². The summed E-state index contributed by atoms with van der Waals surface area (Å²) in [6, 6.07) is 71.2. The zero-order valence-corrected chi connectivity index (χ0v) is 28.8. The first-order valence-corrected chi connectivity index (χ1v) is 19.2. The molecule has 0 N–H and O–H groups in total. The fourth-order valence-corrected chi connectivity index (χ4v) is 11.8. The number of benzene rings is 8. The summed E-state index contributed by atoms with van der Waals surface area (Å²) >= 11 is 0. The molecule has 0 radical (unpaired) electrons. The zero-order chi connectivity index (χ0) is 34.0. The van der Waals surface area contributed by atoms with Crippen molar-refractivity contribution in [3.63, 3.8) is 0 Å². The van der Waals surface area contributed by atoms with E-state index in [4.69, 9.17) is 0 Å². The van der Waals surface area contributed by atoms with Crippen LogP contribution < -0.4 is 15.9 Å². The van der Waals surface area contributed by atoms with Gasteiger partial charge in [0.25, 0.3) is 0 Å². The summed E-state index contributed by atoms with van der Waals surface area (Å²) in [4.78, 5) is 0. The van der Waals surface area contributed by atoms with Gasteiger partial charge in [0.2, 0.25) is 0 Å². The normalized spacial score (nSPS) is 16.2. The van der Waals surface area contributed by atoms with Gasteiger partial charge >= 0.3 is 0 Å². The van der Waals surface area contributed by atoms with Gasteiger partial charge in [-0.15, -0.1) is 0 Å². The summed E-state index contributed by atoms with van der Waals surface area (Å²) in [6.45, 7) is 0. The third-order valence-corrected chi connectivity index (χ3v) is 14.1. The molecule has 8 aromatic carbocycles. The lowest BCUT2D eigenvalue weighted by Crippen LogP contribution is -2.29. The van der Waals surface area contributed by atoms with Crippen molar-refractivity contribution in [3.8, 4) is 44.5 Å². The molecule has 0 aromatic heterocycles. The van der Waals surface area contributed by atoms with E-state index in [0.29, 0.717) is 0 Å². The van der Waals surface area contributed by atoms with Crippen molar-refractivity contribution in [3.05, 3.63) is 222 Å². The predicted octanol–water partition coefficient (Wildman–Crippen LogP) is 11.0. The average molecular weight is 669 g/mol. The minimum atomic E-state index is -3.24. The zero-order valence-electron chi connectivity index (χ0n) is 27.9. The monoisotopic (exact) mass is 668 g/mol. The van der Waals surface area contributed by atoms with Gasteiger partial charge in [0, 0.05) is 15.9 Å². The molecular weight excluding hydrogens is 636 g/mol. The molecule has 0 saturated heterocycles. The Labute approximate surface area is 298 Å². The largest absolute Gasteiger partial charge is 0.309 e. The van der Waals surface area contributed by atoms with Crippen LogP contribution in [0.15, 0.2) is 200 Å². The van der Waals surface area contributed by atoms with Crippen LogP contribution in [-0.4, -0.2) is 0 Å². The van der Waals surface area contributed by atoms with E-state index in [1.54, 1.807) is 0 Å². The van der Waals surface area contributed by atoms with Crippen LogP contribution >= 0.6 is 7.14 Å². The number of hydrogen-bond donors (Lipinski definition) is 0. The summed E-state index contributed by atoms with van der Waals surface area (Å²) in [5.74, 6) is 0. The molecule has 1 aliphatic heterocycles. The van der Waals surface area contributed by atoms with E-state index in [1.165, 1.54) is 38.9 Å². The molecule has 240 valence electrons. The fraction of sp³-hybridized carbons (Fsp3) is 0.0204. The molecule has 2 heteroatoms. The maximum Gasteiger partial charge on any atom is 0.172 e. The summed E-state index contributed by atoms with van der Waals surface area (Å²) < 4.78 is 16.1. The van der Waals surface area contributed by atoms with Gasteiger partial charge in [-0.25, -0.2) is 0 Å². The van der Waals surface area contributed by atoms with Gasteiger partial charge in [-0.2, -0.15) is 0 Å². The third-order valence-electron chi connectivity index (χ3n) is 11.0. The fourth-order valence-electron chi connectivity index (χ4n) is 8.68. The minimum absolute atomic E-state index is 0.587. The molecule has 0 saturated carbocycles. The molecule has 8 aromatic rings. The average Bonchev–Trinajstić information content (AvgIpc) is 3.64. The maximum absolute atomic E-state index is 16.1. The third kappa shape index (κ3) is 4.32. The van der Waals surface area contributed by atoms with Crippen LogP contribution in [0.4, 0.5) is 0 Å². The highest BCUT2D eigenvalue weighted by atomic mass is 31.2. The van der Waals surface area contributed by atoms with Crippen molar-refractivity contribution in [1.82, 2.24) is 0 Å². The Morgan fingerprint density at radius 2 is 0.784 bits per heavy atom. The highest BCUT2D eigenvalue weighted by Gasteiger charge is 2.49. The number of fused-ring (bicyclic) bond motifs is 6. The lowest BCUT2D eigenvalue weighted by atomic mass is 9.67. The van der Waals surface area contributed by atoms with Crippen LogP contribution in [0.3, 0.4) is 0 Å². The SMILES string of the molecule is O=P1(c2ccccc2)c2cc(-c3ccccc3)ccc2-c2cc3c(cc21)-c1ccc(-c2ccccc2)cc1C3(c1ccccc1)c1ccccc1. The van der Waals surface area contributed by atoms with E-state index in [0.717, 1.165) is 43.7 Å². The van der Waals surface area contributed by atoms with Crippen LogP contribution in [0, 0.1) is 0 Å². The van der Waals surface area contributed by atoms with E-state index >= 15 is 4.57 Å². The molecule has 0 fully saturated rings. The van der Waals surface area contributed by atoms with E-state index in [9.17, 15) is 0 Å². The van der Waals surface area contributed by atoms with Gasteiger partial charge in [-0.05, 0) is 91.0 Å². The Bertz CT molecular complexity index is 2590. The second-order valence-corrected chi connectivity index (χ2v) is 16.3. The lowest BCUT2D eigenvalue weighted by Gasteiger charge is -2.34. The van der Waals surface area contributed by atoms with Gasteiger partial charge < -0.3 is 4.57 Å². The smallest absolute Gasteiger partial charge is 0.172 e. The van der Waals surface area contributed by atoms with Crippen LogP contribution in [0.2, 0.25) is 0 Å². The summed E-state index contributed by atoms with van der Waals surface area (Å²) in [5, 5.41) is 2.70.